The molecular weight excluding hydrogens is 358 g/mol. The summed E-state index contributed by atoms with van der Waals surface area (Å²) in [7, 11) is 5.24. The van der Waals surface area contributed by atoms with E-state index in [1.807, 2.05) is 12.1 Å². The molecule has 2 heterocycles. The molecule has 0 unspecified atom stereocenters. The first-order chi connectivity index (χ1) is 13.6. The fourth-order valence-corrected chi connectivity index (χ4v) is 3.13. The minimum atomic E-state index is -0.0138. The number of ether oxygens (including phenoxy) is 1. The zero-order chi connectivity index (χ0) is 20.2. The molecule has 0 spiro atoms. The Bertz CT molecular complexity index is 581. The third kappa shape index (κ3) is 8.31. The van der Waals surface area contributed by atoms with Crippen molar-refractivity contribution in [2.45, 2.75) is 31.7 Å². The van der Waals surface area contributed by atoms with E-state index in [0.717, 1.165) is 57.7 Å². The summed E-state index contributed by atoms with van der Waals surface area (Å²) in [6.45, 7) is 4.87. The van der Waals surface area contributed by atoms with Gasteiger partial charge in [0.05, 0.1) is 6.26 Å². The fourth-order valence-electron chi connectivity index (χ4n) is 3.13. The SMILES string of the molecule is COCCCN1CCC(NC(=NCC(=O)N(C)C)NCCc2ccco2)CC1. The number of nitrogens with zero attached hydrogens (tertiary/aromatic N) is 3. The van der Waals surface area contributed by atoms with Crippen molar-refractivity contribution in [2.24, 2.45) is 4.99 Å². The molecule has 28 heavy (non-hydrogen) atoms. The van der Waals surface area contributed by atoms with Gasteiger partial charge in [0.2, 0.25) is 5.91 Å². The van der Waals surface area contributed by atoms with Crippen molar-refractivity contribution in [3.05, 3.63) is 24.2 Å². The Balaban J connectivity index is 1.81. The molecule has 0 aliphatic carbocycles. The Morgan fingerprint density at radius 3 is 2.82 bits per heavy atom. The minimum Gasteiger partial charge on any atom is -0.469 e. The van der Waals surface area contributed by atoms with Gasteiger partial charge in [-0.25, -0.2) is 4.99 Å². The van der Waals surface area contributed by atoms with Gasteiger partial charge in [-0.05, 0) is 31.4 Å². The second kappa shape index (κ2) is 12.4. The second-order valence-electron chi connectivity index (χ2n) is 7.32. The molecule has 1 aliphatic heterocycles. The van der Waals surface area contributed by atoms with E-state index in [4.69, 9.17) is 9.15 Å². The van der Waals surface area contributed by atoms with E-state index < -0.39 is 0 Å². The van der Waals surface area contributed by atoms with Gasteiger partial charge < -0.3 is 29.6 Å². The highest BCUT2D eigenvalue weighted by Gasteiger charge is 2.20. The summed E-state index contributed by atoms with van der Waals surface area (Å²) >= 11 is 0. The number of hydrogen-bond acceptors (Lipinski definition) is 5. The summed E-state index contributed by atoms with van der Waals surface area (Å²) in [5.41, 5.74) is 0. The van der Waals surface area contributed by atoms with Crippen LogP contribution in [0.4, 0.5) is 0 Å². The van der Waals surface area contributed by atoms with Crippen LogP contribution in [0.2, 0.25) is 0 Å². The number of methoxy groups -OCH3 is 1. The molecule has 0 saturated carbocycles. The Kier molecular flexibility index (Phi) is 9.85. The molecule has 0 aromatic carbocycles. The van der Waals surface area contributed by atoms with Crippen molar-refractivity contribution >= 4 is 11.9 Å². The van der Waals surface area contributed by atoms with E-state index in [-0.39, 0.29) is 12.5 Å². The van der Waals surface area contributed by atoms with Gasteiger partial charge in [0.1, 0.15) is 12.3 Å². The van der Waals surface area contributed by atoms with Crippen molar-refractivity contribution in [1.29, 1.82) is 0 Å². The van der Waals surface area contributed by atoms with Crippen LogP contribution in [0.5, 0.6) is 0 Å². The topological polar surface area (TPSA) is 82.3 Å². The number of likely N-dealkylation sites (N-methyl/N-ethyl adjacent to an activating group) is 1. The zero-order valence-corrected chi connectivity index (χ0v) is 17.4. The average molecular weight is 394 g/mol. The number of nitrogens with one attached hydrogen (secondary N) is 2. The number of piperidine rings is 1. The Morgan fingerprint density at radius 1 is 1.39 bits per heavy atom. The van der Waals surface area contributed by atoms with E-state index in [0.29, 0.717) is 18.5 Å². The van der Waals surface area contributed by atoms with Crippen LogP contribution in [0.1, 0.15) is 25.0 Å². The Hall–Kier alpha value is -2.06. The summed E-state index contributed by atoms with van der Waals surface area (Å²) < 4.78 is 10.5. The molecule has 1 amide bonds. The first kappa shape index (κ1) is 22.2. The highest BCUT2D eigenvalue weighted by molar-refractivity contribution is 5.84. The number of guanidine groups is 1. The Labute approximate surface area is 168 Å². The highest BCUT2D eigenvalue weighted by Crippen LogP contribution is 2.10. The lowest BCUT2D eigenvalue weighted by Crippen LogP contribution is -2.49. The largest absolute Gasteiger partial charge is 0.469 e. The normalized spacial score (nSPS) is 16.2. The molecule has 1 saturated heterocycles. The molecule has 0 radical (unpaired) electrons. The highest BCUT2D eigenvalue weighted by atomic mass is 16.5. The number of carbonyl (C=O) groups excluding carboxylic acids is 1. The molecule has 8 nitrogen and oxygen atoms in total. The first-order valence-corrected chi connectivity index (χ1v) is 10.1. The molecule has 1 aliphatic rings. The van der Waals surface area contributed by atoms with Crippen LogP contribution in [0, 0.1) is 0 Å². The maximum Gasteiger partial charge on any atom is 0.243 e. The molecule has 0 atom stereocenters. The quantitative estimate of drug-likeness (QED) is 0.350. The van der Waals surface area contributed by atoms with Crippen LogP contribution in [0.3, 0.4) is 0 Å². The van der Waals surface area contributed by atoms with Crippen LogP contribution >= 0.6 is 0 Å². The van der Waals surface area contributed by atoms with E-state index >= 15 is 0 Å². The molecule has 158 valence electrons. The molecule has 1 aromatic rings. The predicted octanol–water partition coefficient (Wildman–Crippen LogP) is 0.946. The first-order valence-electron chi connectivity index (χ1n) is 10.1. The summed E-state index contributed by atoms with van der Waals surface area (Å²) in [5, 5.41) is 6.84. The predicted molar refractivity (Wildman–Crippen MR) is 111 cm³/mol. The summed E-state index contributed by atoms with van der Waals surface area (Å²) in [6.07, 6.45) is 5.65. The van der Waals surface area contributed by atoms with E-state index in [1.165, 1.54) is 0 Å². The van der Waals surface area contributed by atoms with E-state index in [9.17, 15) is 4.79 Å². The van der Waals surface area contributed by atoms with Crippen LogP contribution in [-0.2, 0) is 16.0 Å². The van der Waals surface area contributed by atoms with Crippen molar-refractivity contribution in [2.75, 3.05) is 60.5 Å². The van der Waals surface area contributed by atoms with Gasteiger partial charge in [-0.15, -0.1) is 0 Å². The zero-order valence-electron chi connectivity index (χ0n) is 17.4. The van der Waals surface area contributed by atoms with Gasteiger partial charge in [-0.3, -0.25) is 4.79 Å². The van der Waals surface area contributed by atoms with Gasteiger partial charge in [0, 0.05) is 66.5 Å². The number of carbonyl (C=O) groups is 1. The molecule has 1 aromatic heterocycles. The molecule has 8 heteroatoms. The number of hydrogen-bond donors (Lipinski definition) is 2. The minimum absolute atomic E-state index is 0.0138. The molecule has 0 bridgehead atoms. The van der Waals surface area contributed by atoms with Gasteiger partial charge in [-0.2, -0.15) is 0 Å². The lowest BCUT2D eigenvalue weighted by atomic mass is 10.1. The summed E-state index contributed by atoms with van der Waals surface area (Å²) in [4.78, 5) is 20.4. The Morgan fingerprint density at radius 2 is 2.18 bits per heavy atom. The van der Waals surface area contributed by atoms with Crippen molar-refractivity contribution in [1.82, 2.24) is 20.4 Å². The second-order valence-corrected chi connectivity index (χ2v) is 7.32. The third-order valence-electron chi connectivity index (χ3n) is 4.87. The molecular formula is C20H35N5O3. The van der Waals surface area contributed by atoms with Crippen molar-refractivity contribution in [3.63, 3.8) is 0 Å². The third-order valence-corrected chi connectivity index (χ3v) is 4.87. The number of aliphatic imine (C=N–C) groups is 1. The maximum absolute atomic E-state index is 11.9. The van der Waals surface area contributed by atoms with Crippen LogP contribution in [0.15, 0.2) is 27.8 Å². The molecule has 2 N–H and O–H groups in total. The average Bonchev–Trinajstić information content (AvgIpc) is 3.20. The smallest absolute Gasteiger partial charge is 0.243 e. The number of amides is 1. The number of likely N-dealkylation sites (tertiary alicyclic amines) is 1. The lowest BCUT2D eigenvalue weighted by molar-refractivity contribution is -0.127. The van der Waals surface area contributed by atoms with Gasteiger partial charge in [0.15, 0.2) is 5.96 Å². The van der Waals surface area contributed by atoms with Gasteiger partial charge >= 0.3 is 0 Å². The van der Waals surface area contributed by atoms with Crippen LogP contribution < -0.4 is 10.6 Å². The fraction of sp³-hybridized carbons (Fsp3) is 0.700. The number of furan rings is 1. The van der Waals surface area contributed by atoms with Crippen molar-refractivity contribution in [3.8, 4) is 0 Å². The van der Waals surface area contributed by atoms with Crippen LogP contribution in [0.25, 0.3) is 0 Å². The van der Waals surface area contributed by atoms with Crippen molar-refractivity contribution < 1.29 is 13.9 Å². The molecule has 2 rings (SSSR count). The molecule has 1 fully saturated rings. The van der Waals surface area contributed by atoms with Crippen LogP contribution in [-0.4, -0.2) is 88.2 Å². The lowest BCUT2D eigenvalue weighted by Gasteiger charge is -2.33. The van der Waals surface area contributed by atoms with E-state index in [1.54, 1.807) is 32.4 Å². The maximum atomic E-state index is 11.9. The summed E-state index contributed by atoms with van der Waals surface area (Å²) in [5.74, 6) is 1.61. The van der Waals surface area contributed by atoms with Gasteiger partial charge in [-0.1, -0.05) is 0 Å². The summed E-state index contributed by atoms with van der Waals surface area (Å²) in [6, 6.07) is 4.21. The number of rotatable bonds is 10. The monoisotopic (exact) mass is 393 g/mol. The van der Waals surface area contributed by atoms with Gasteiger partial charge in [0.25, 0.3) is 0 Å². The van der Waals surface area contributed by atoms with E-state index in [2.05, 4.69) is 20.5 Å². The standard InChI is InChI=1S/C20H35N5O3/c1-24(2)19(26)16-22-20(21-10-7-18-6-4-15-28-18)23-17-8-12-25(13-9-17)11-5-14-27-3/h4,6,15,17H,5,7-14,16H2,1-3H3,(H2,21,22,23).